The lowest BCUT2D eigenvalue weighted by molar-refractivity contribution is 0.245. The number of nitrogens with zero attached hydrogens (tertiary/aromatic N) is 3. The molecule has 0 unspecified atom stereocenters. The SMILES string of the molecule is Cc1cccc(F)c1N1Cc2cnc(Cl)cc2N([C@H]2CCCNC2)C1=O. The number of pyridine rings is 1. The number of benzene rings is 1. The van der Waals surface area contributed by atoms with Gasteiger partial charge in [-0.25, -0.2) is 14.2 Å². The molecule has 26 heavy (non-hydrogen) atoms. The summed E-state index contributed by atoms with van der Waals surface area (Å²) in [7, 11) is 0. The number of piperidine rings is 1. The van der Waals surface area contributed by atoms with Gasteiger partial charge in [-0.3, -0.25) is 9.80 Å². The number of carbonyl (C=O) groups excluding carboxylic acids is 1. The van der Waals surface area contributed by atoms with E-state index in [4.69, 9.17) is 11.6 Å². The normalized spacial score (nSPS) is 20.3. The highest BCUT2D eigenvalue weighted by Crippen LogP contribution is 2.37. The van der Waals surface area contributed by atoms with Crippen molar-refractivity contribution in [2.75, 3.05) is 22.9 Å². The highest BCUT2D eigenvalue weighted by molar-refractivity contribution is 6.29. The summed E-state index contributed by atoms with van der Waals surface area (Å²) >= 11 is 6.09. The zero-order valence-corrected chi connectivity index (χ0v) is 15.3. The number of hydrogen-bond donors (Lipinski definition) is 1. The number of rotatable bonds is 2. The molecule has 136 valence electrons. The summed E-state index contributed by atoms with van der Waals surface area (Å²) in [6.45, 7) is 3.73. The van der Waals surface area contributed by atoms with Crippen molar-refractivity contribution < 1.29 is 9.18 Å². The molecule has 1 aromatic carbocycles. The molecule has 0 bridgehead atoms. The summed E-state index contributed by atoms with van der Waals surface area (Å²) in [5, 5.41) is 3.69. The number of anilines is 2. The van der Waals surface area contributed by atoms with Crippen LogP contribution in [0.2, 0.25) is 5.15 Å². The van der Waals surface area contributed by atoms with Gasteiger partial charge in [0.25, 0.3) is 0 Å². The molecule has 5 nitrogen and oxygen atoms in total. The quantitative estimate of drug-likeness (QED) is 0.811. The fourth-order valence-electron chi connectivity index (χ4n) is 3.81. The Labute approximate surface area is 156 Å². The molecule has 0 spiro atoms. The lowest BCUT2D eigenvalue weighted by atomic mass is 10.0. The lowest BCUT2D eigenvalue weighted by Crippen LogP contribution is -2.56. The van der Waals surface area contributed by atoms with Crippen molar-refractivity contribution in [2.24, 2.45) is 0 Å². The molecule has 1 saturated heterocycles. The van der Waals surface area contributed by atoms with Crippen molar-refractivity contribution in [1.29, 1.82) is 0 Å². The van der Waals surface area contributed by atoms with E-state index in [9.17, 15) is 9.18 Å². The predicted octanol–water partition coefficient (Wildman–Crippen LogP) is 3.88. The molecule has 1 N–H and O–H groups in total. The maximum atomic E-state index is 14.6. The molecule has 2 aromatic rings. The van der Waals surface area contributed by atoms with Crippen LogP contribution in [-0.4, -0.2) is 30.1 Å². The second-order valence-corrected chi connectivity index (χ2v) is 7.17. The van der Waals surface area contributed by atoms with E-state index >= 15 is 0 Å². The third-order valence-electron chi connectivity index (χ3n) is 5.05. The zero-order valence-electron chi connectivity index (χ0n) is 14.5. The number of fused-ring (bicyclic) bond motifs is 1. The minimum atomic E-state index is -0.398. The zero-order chi connectivity index (χ0) is 18.3. The highest BCUT2D eigenvalue weighted by atomic mass is 35.5. The smallest absolute Gasteiger partial charge is 0.315 e. The van der Waals surface area contributed by atoms with Crippen LogP contribution in [0.3, 0.4) is 0 Å². The van der Waals surface area contributed by atoms with E-state index in [0.717, 1.165) is 36.2 Å². The molecule has 3 heterocycles. The summed E-state index contributed by atoms with van der Waals surface area (Å²) in [5.41, 5.74) is 2.69. The van der Waals surface area contributed by atoms with E-state index in [1.165, 1.54) is 11.0 Å². The number of para-hydroxylation sites is 1. The third-order valence-corrected chi connectivity index (χ3v) is 5.25. The van der Waals surface area contributed by atoms with Crippen LogP contribution in [0.15, 0.2) is 30.5 Å². The summed E-state index contributed by atoms with van der Waals surface area (Å²) in [6.07, 6.45) is 3.56. The van der Waals surface area contributed by atoms with Crippen LogP contribution in [0, 0.1) is 12.7 Å². The maximum absolute atomic E-state index is 14.6. The monoisotopic (exact) mass is 374 g/mol. The molecule has 2 aliphatic rings. The Morgan fingerprint density at radius 2 is 2.23 bits per heavy atom. The van der Waals surface area contributed by atoms with E-state index < -0.39 is 5.82 Å². The van der Waals surface area contributed by atoms with Crippen LogP contribution in [0.5, 0.6) is 0 Å². The average molecular weight is 375 g/mol. The Morgan fingerprint density at radius 3 is 2.96 bits per heavy atom. The first kappa shape index (κ1) is 17.2. The molecule has 1 fully saturated rings. The van der Waals surface area contributed by atoms with Crippen molar-refractivity contribution >= 4 is 29.0 Å². The van der Waals surface area contributed by atoms with Gasteiger partial charge in [-0.1, -0.05) is 23.7 Å². The molecule has 0 saturated carbocycles. The fraction of sp³-hybridized carbons (Fsp3) is 0.368. The van der Waals surface area contributed by atoms with Crippen LogP contribution in [0.25, 0.3) is 0 Å². The molecule has 1 atom stereocenters. The molecule has 2 aliphatic heterocycles. The van der Waals surface area contributed by atoms with E-state index in [0.29, 0.717) is 17.4 Å². The van der Waals surface area contributed by atoms with Gasteiger partial charge in [0.1, 0.15) is 11.0 Å². The summed E-state index contributed by atoms with van der Waals surface area (Å²) in [6, 6.07) is 6.37. The van der Waals surface area contributed by atoms with Crippen molar-refractivity contribution in [3.8, 4) is 0 Å². The van der Waals surface area contributed by atoms with E-state index in [1.54, 1.807) is 23.2 Å². The first-order chi connectivity index (χ1) is 12.6. The largest absolute Gasteiger partial charge is 0.329 e. The number of nitrogens with one attached hydrogen (secondary N) is 1. The fourth-order valence-corrected chi connectivity index (χ4v) is 3.96. The number of halogens is 2. The van der Waals surface area contributed by atoms with Gasteiger partial charge >= 0.3 is 6.03 Å². The van der Waals surface area contributed by atoms with Gasteiger partial charge in [0.15, 0.2) is 0 Å². The molecule has 2 amide bonds. The molecular weight excluding hydrogens is 355 g/mol. The number of urea groups is 1. The van der Waals surface area contributed by atoms with Crippen molar-refractivity contribution in [2.45, 2.75) is 32.4 Å². The highest BCUT2D eigenvalue weighted by Gasteiger charge is 2.38. The van der Waals surface area contributed by atoms with Crippen molar-refractivity contribution in [3.63, 3.8) is 0 Å². The predicted molar refractivity (Wildman–Crippen MR) is 100 cm³/mol. The summed E-state index contributed by atoms with van der Waals surface area (Å²) in [4.78, 5) is 20.8. The van der Waals surface area contributed by atoms with Gasteiger partial charge in [0.2, 0.25) is 0 Å². The summed E-state index contributed by atoms with van der Waals surface area (Å²) < 4.78 is 14.6. The van der Waals surface area contributed by atoms with Gasteiger partial charge in [0, 0.05) is 18.3 Å². The van der Waals surface area contributed by atoms with Crippen LogP contribution in [-0.2, 0) is 6.54 Å². The van der Waals surface area contributed by atoms with Gasteiger partial charge in [0.05, 0.1) is 24.0 Å². The van der Waals surface area contributed by atoms with E-state index in [1.807, 2.05) is 13.0 Å². The molecule has 4 rings (SSSR count). The first-order valence-corrected chi connectivity index (χ1v) is 9.15. The Morgan fingerprint density at radius 1 is 1.38 bits per heavy atom. The first-order valence-electron chi connectivity index (χ1n) is 8.77. The van der Waals surface area contributed by atoms with Gasteiger partial charge in [-0.2, -0.15) is 0 Å². The van der Waals surface area contributed by atoms with Gasteiger partial charge < -0.3 is 5.32 Å². The number of carbonyl (C=O) groups is 1. The van der Waals surface area contributed by atoms with Crippen LogP contribution in [0.1, 0.15) is 24.0 Å². The van der Waals surface area contributed by atoms with Crippen LogP contribution >= 0.6 is 11.6 Å². The molecule has 0 aliphatic carbocycles. The molecule has 1 aromatic heterocycles. The molecule has 0 radical (unpaired) electrons. The van der Waals surface area contributed by atoms with Crippen LogP contribution in [0.4, 0.5) is 20.6 Å². The molecular formula is C19H20ClFN4O. The van der Waals surface area contributed by atoms with Gasteiger partial charge in [-0.05, 0) is 44.0 Å². The maximum Gasteiger partial charge on any atom is 0.329 e. The Balaban J connectivity index is 1.82. The third kappa shape index (κ3) is 2.93. The number of hydrogen-bond acceptors (Lipinski definition) is 3. The standard InChI is InChI=1S/C19H20ClFN4O/c1-12-4-2-6-15(21)18(12)24-11-13-9-23-17(20)8-16(13)25(19(24)26)14-5-3-7-22-10-14/h2,4,6,8-9,14,22H,3,5,7,10-11H2,1H3/t14-/m0/s1. The summed E-state index contributed by atoms with van der Waals surface area (Å²) in [5.74, 6) is -0.398. The second-order valence-electron chi connectivity index (χ2n) is 6.78. The minimum Gasteiger partial charge on any atom is -0.315 e. The van der Waals surface area contributed by atoms with Crippen LogP contribution < -0.4 is 15.1 Å². The Bertz CT molecular complexity index is 833. The van der Waals surface area contributed by atoms with E-state index in [2.05, 4.69) is 10.3 Å². The molecule has 7 heteroatoms. The number of amides is 2. The van der Waals surface area contributed by atoms with E-state index in [-0.39, 0.29) is 18.6 Å². The lowest BCUT2D eigenvalue weighted by Gasteiger charge is -2.42. The Kier molecular flexibility index (Phi) is 4.54. The number of aromatic nitrogens is 1. The average Bonchev–Trinajstić information content (AvgIpc) is 2.63. The van der Waals surface area contributed by atoms with Crippen molar-refractivity contribution in [1.82, 2.24) is 10.3 Å². The minimum absolute atomic E-state index is 0.00310. The second kappa shape index (κ2) is 6.85. The topological polar surface area (TPSA) is 48.5 Å². The van der Waals surface area contributed by atoms with Gasteiger partial charge in [-0.15, -0.1) is 0 Å². The number of aryl methyl sites for hydroxylation is 1. The van der Waals surface area contributed by atoms with Crippen molar-refractivity contribution in [3.05, 3.63) is 52.6 Å². The Hall–Kier alpha value is -2.18.